The van der Waals surface area contributed by atoms with Gasteiger partial charge in [0.1, 0.15) is 6.10 Å². The summed E-state index contributed by atoms with van der Waals surface area (Å²) in [5.74, 6) is -0.0463. The van der Waals surface area contributed by atoms with Gasteiger partial charge in [-0.15, -0.1) is 11.6 Å². The number of ether oxygens (including phenoxy) is 1. The van der Waals surface area contributed by atoms with Crippen molar-refractivity contribution < 1.29 is 9.53 Å². The molecule has 0 fully saturated rings. The summed E-state index contributed by atoms with van der Waals surface area (Å²) in [5.41, 5.74) is 1.49. The Kier molecular flexibility index (Phi) is 4.37. The van der Waals surface area contributed by atoms with Gasteiger partial charge in [0.05, 0.1) is 11.4 Å². The number of benzene rings is 1. The third-order valence-electron chi connectivity index (χ3n) is 1.91. The SMILES string of the molecule is C=Cc1ccc(C(=O)OC(C)CCl)cc1. The second-order valence-corrected chi connectivity index (χ2v) is 3.50. The first kappa shape index (κ1) is 11.8. The second kappa shape index (κ2) is 5.56. The molecule has 0 saturated heterocycles. The highest BCUT2D eigenvalue weighted by Crippen LogP contribution is 2.08. The summed E-state index contributed by atoms with van der Waals surface area (Å²) in [6.07, 6.45) is 1.45. The molecule has 0 spiro atoms. The molecule has 0 aliphatic heterocycles. The first-order chi connectivity index (χ1) is 7.17. The van der Waals surface area contributed by atoms with Crippen LogP contribution in [0, 0.1) is 0 Å². The summed E-state index contributed by atoms with van der Waals surface area (Å²) in [4.78, 5) is 11.5. The average molecular weight is 225 g/mol. The monoisotopic (exact) mass is 224 g/mol. The number of esters is 1. The summed E-state index contributed by atoms with van der Waals surface area (Å²) in [5, 5.41) is 0. The highest BCUT2D eigenvalue weighted by Gasteiger charge is 2.10. The minimum Gasteiger partial charge on any atom is -0.458 e. The van der Waals surface area contributed by atoms with E-state index in [-0.39, 0.29) is 12.1 Å². The summed E-state index contributed by atoms with van der Waals surface area (Å²) >= 11 is 5.54. The maximum Gasteiger partial charge on any atom is 0.338 e. The highest BCUT2D eigenvalue weighted by molar-refractivity contribution is 6.18. The molecule has 0 radical (unpaired) electrons. The molecule has 0 saturated carbocycles. The lowest BCUT2D eigenvalue weighted by Crippen LogP contribution is -2.16. The number of alkyl halides is 1. The first-order valence-corrected chi connectivity index (χ1v) is 5.20. The fourth-order valence-electron chi connectivity index (χ4n) is 1.04. The van der Waals surface area contributed by atoms with Crippen molar-refractivity contribution in [1.82, 2.24) is 0 Å². The lowest BCUT2D eigenvalue weighted by atomic mass is 10.1. The Morgan fingerprint density at radius 2 is 2.13 bits per heavy atom. The van der Waals surface area contributed by atoms with Crippen molar-refractivity contribution in [1.29, 1.82) is 0 Å². The van der Waals surface area contributed by atoms with Gasteiger partial charge in [0.15, 0.2) is 0 Å². The van der Waals surface area contributed by atoms with E-state index in [1.54, 1.807) is 25.1 Å². The Bertz CT molecular complexity index is 343. The molecule has 0 aliphatic rings. The van der Waals surface area contributed by atoms with Crippen molar-refractivity contribution >= 4 is 23.6 Å². The van der Waals surface area contributed by atoms with Crippen molar-refractivity contribution in [3.8, 4) is 0 Å². The van der Waals surface area contributed by atoms with Gasteiger partial charge in [0.25, 0.3) is 0 Å². The van der Waals surface area contributed by atoms with Crippen LogP contribution in [0.25, 0.3) is 6.08 Å². The van der Waals surface area contributed by atoms with Crippen molar-refractivity contribution in [3.05, 3.63) is 42.0 Å². The minimum atomic E-state index is -0.348. The molecule has 1 aromatic carbocycles. The Balaban J connectivity index is 2.70. The van der Waals surface area contributed by atoms with Crippen LogP contribution in [0.1, 0.15) is 22.8 Å². The topological polar surface area (TPSA) is 26.3 Å². The van der Waals surface area contributed by atoms with E-state index in [0.717, 1.165) is 5.56 Å². The molecule has 1 rings (SSSR count). The Morgan fingerprint density at radius 1 is 1.53 bits per heavy atom. The van der Waals surface area contributed by atoms with Crippen molar-refractivity contribution in [2.75, 3.05) is 5.88 Å². The van der Waals surface area contributed by atoms with Crippen LogP contribution in [0.2, 0.25) is 0 Å². The van der Waals surface area contributed by atoms with Crippen LogP contribution in [-0.2, 0) is 4.74 Å². The van der Waals surface area contributed by atoms with Gasteiger partial charge in [-0.2, -0.15) is 0 Å². The van der Waals surface area contributed by atoms with Crippen LogP contribution in [0.3, 0.4) is 0 Å². The van der Waals surface area contributed by atoms with E-state index in [0.29, 0.717) is 11.4 Å². The molecule has 2 nitrogen and oxygen atoms in total. The zero-order valence-electron chi connectivity index (χ0n) is 8.57. The number of carbonyl (C=O) groups is 1. The van der Waals surface area contributed by atoms with E-state index in [1.807, 2.05) is 12.1 Å². The summed E-state index contributed by atoms with van der Waals surface area (Å²) in [6.45, 7) is 5.39. The summed E-state index contributed by atoms with van der Waals surface area (Å²) in [6, 6.07) is 7.05. The van der Waals surface area contributed by atoms with E-state index in [4.69, 9.17) is 16.3 Å². The van der Waals surface area contributed by atoms with Crippen LogP contribution in [-0.4, -0.2) is 18.0 Å². The number of hydrogen-bond donors (Lipinski definition) is 0. The lowest BCUT2D eigenvalue weighted by Gasteiger charge is -2.09. The maximum atomic E-state index is 11.5. The Labute approximate surface area is 94.5 Å². The van der Waals surface area contributed by atoms with Gasteiger partial charge in [-0.25, -0.2) is 4.79 Å². The average Bonchev–Trinajstić information content (AvgIpc) is 2.29. The van der Waals surface area contributed by atoms with E-state index in [2.05, 4.69) is 6.58 Å². The normalized spacial score (nSPS) is 11.9. The van der Waals surface area contributed by atoms with Gasteiger partial charge in [-0.05, 0) is 24.6 Å². The van der Waals surface area contributed by atoms with Gasteiger partial charge >= 0.3 is 5.97 Å². The van der Waals surface area contributed by atoms with Crippen LogP contribution < -0.4 is 0 Å². The number of rotatable bonds is 4. The Hall–Kier alpha value is -1.28. The molecule has 1 aromatic rings. The van der Waals surface area contributed by atoms with Crippen molar-refractivity contribution in [3.63, 3.8) is 0 Å². The van der Waals surface area contributed by atoms with Crippen LogP contribution in [0.4, 0.5) is 0 Å². The molecule has 15 heavy (non-hydrogen) atoms. The van der Waals surface area contributed by atoms with Gasteiger partial charge in [-0.1, -0.05) is 24.8 Å². The van der Waals surface area contributed by atoms with Gasteiger partial charge < -0.3 is 4.74 Å². The van der Waals surface area contributed by atoms with Crippen molar-refractivity contribution in [2.45, 2.75) is 13.0 Å². The quantitative estimate of drug-likeness (QED) is 0.580. The third kappa shape index (κ3) is 3.40. The highest BCUT2D eigenvalue weighted by atomic mass is 35.5. The van der Waals surface area contributed by atoms with Crippen LogP contribution in [0.5, 0.6) is 0 Å². The first-order valence-electron chi connectivity index (χ1n) is 4.67. The molecule has 1 atom stereocenters. The molecular formula is C12H13ClO2. The predicted octanol–water partition coefficient (Wildman–Crippen LogP) is 3.11. The molecule has 0 amide bonds. The lowest BCUT2D eigenvalue weighted by molar-refractivity contribution is 0.0383. The molecule has 0 N–H and O–H groups in total. The molecule has 1 unspecified atom stereocenters. The van der Waals surface area contributed by atoms with Crippen molar-refractivity contribution in [2.24, 2.45) is 0 Å². The smallest absolute Gasteiger partial charge is 0.338 e. The zero-order valence-corrected chi connectivity index (χ0v) is 9.33. The standard InChI is InChI=1S/C12H13ClO2/c1-3-10-4-6-11(7-5-10)12(14)15-9(2)8-13/h3-7,9H,1,8H2,2H3. The number of carbonyl (C=O) groups excluding carboxylic acids is 1. The van der Waals surface area contributed by atoms with Gasteiger partial charge in [-0.3, -0.25) is 0 Å². The molecule has 0 aromatic heterocycles. The molecule has 0 heterocycles. The summed E-state index contributed by atoms with van der Waals surface area (Å²) < 4.78 is 5.06. The molecular weight excluding hydrogens is 212 g/mol. The third-order valence-corrected chi connectivity index (χ3v) is 2.34. The fraction of sp³-hybridized carbons (Fsp3) is 0.250. The molecule has 3 heteroatoms. The van der Waals surface area contributed by atoms with E-state index in [9.17, 15) is 4.79 Å². The van der Waals surface area contributed by atoms with Gasteiger partial charge in [0, 0.05) is 0 Å². The van der Waals surface area contributed by atoms with E-state index in [1.165, 1.54) is 0 Å². The number of hydrogen-bond acceptors (Lipinski definition) is 2. The van der Waals surface area contributed by atoms with Crippen LogP contribution in [0.15, 0.2) is 30.8 Å². The van der Waals surface area contributed by atoms with E-state index < -0.39 is 0 Å². The predicted molar refractivity (Wildman–Crippen MR) is 62.1 cm³/mol. The largest absolute Gasteiger partial charge is 0.458 e. The minimum absolute atomic E-state index is 0.266. The molecule has 0 bridgehead atoms. The zero-order chi connectivity index (χ0) is 11.3. The Morgan fingerprint density at radius 3 is 2.60 bits per heavy atom. The second-order valence-electron chi connectivity index (χ2n) is 3.20. The molecule has 80 valence electrons. The summed E-state index contributed by atoms with van der Waals surface area (Å²) in [7, 11) is 0. The van der Waals surface area contributed by atoms with E-state index >= 15 is 0 Å². The number of halogens is 1. The van der Waals surface area contributed by atoms with Gasteiger partial charge in [0.2, 0.25) is 0 Å². The van der Waals surface area contributed by atoms with Crippen LogP contribution >= 0.6 is 11.6 Å². The maximum absolute atomic E-state index is 11.5. The fourth-order valence-corrected chi connectivity index (χ4v) is 1.10. The molecule has 0 aliphatic carbocycles.